The fraction of sp³-hybridized carbons (Fsp3) is 0.571. The van der Waals surface area contributed by atoms with E-state index in [9.17, 15) is 9.59 Å². The van der Waals surface area contributed by atoms with Crippen molar-refractivity contribution in [3.8, 4) is 0 Å². The monoisotopic (exact) mass is 291 g/mol. The molecule has 0 aliphatic carbocycles. The third kappa shape index (κ3) is 3.90. The smallest absolute Gasteiger partial charge is 0.270 e. The van der Waals surface area contributed by atoms with Crippen LogP contribution in [0.25, 0.3) is 0 Å². The van der Waals surface area contributed by atoms with Crippen LogP contribution in [0.2, 0.25) is 0 Å². The zero-order valence-corrected chi connectivity index (χ0v) is 12.5. The summed E-state index contributed by atoms with van der Waals surface area (Å²) in [6.45, 7) is 7.15. The molecular formula is C14H21N5O2. The lowest BCUT2D eigenvalue weighted by Crippen LogP contribution is -2.46. The van der Waals surface area contributed by atoms with E-state index in [0.717, 1.165) is 18.5 Å². The SMILES string of the molecule is CCCNC(=O)c1cc(C)nc(N2CCN(C=O)CC2)n1. The van der Waals surface area contributed by atoms with Crippen LogP contribution in [0.3, 0.4) is 0 Å². The van der Waals surface area contributed by atoms with Crippen molar-refractivity contribution in [3.05, 3.63) is 17.5 Å². The first-order valence-electron chi connectivity index (χ1n) is 7.22. The molecule has 0 aromatic carbocycles. The molecule has 1 aromatic heterocycles. The molecule has 7 nitrogen and oxygen atoms in total. The first-order valence-corrected chi connectivity index (χ1v) is 7.22. The van der Waals surface area contributed by atoms with Gasteiger partial charge in [0, 0.05) is 38.4 Å². The van der Waals surface area contributed by atoms with Gasteiger partial charge >= 0.3 is 0 Å². The van der Waals surface area contributed by atoms with Crippen molar-refractivity contribution in [2.75, 3.05) is 37.6 Å². The molecule has 7 heteroatoms. The van der Waals surface area contributed by atoms with Gasteiger partial charge in [-0.15, -0.1) is 0 Å². The van der Waals surface area contributed by atoms with Crippen LogP contribution < -0.4 is 10.2 Å². The van der Waals surface area contributed by atoms with Crippen molar-refractivity contribution in [2.45, 2.75) is 20.3 Å². The Morgan fingerprint density at radius 3 is 2.67 bits per heavy atom. The Balaban J connectivity index is 2.11. The minimum Gasteiger partial charge on any atom is -0.351 e. The molecule has 114 valence electrons. The summed E-state index contributed by atoms with van der Waals surface area (Å²) in [7, 11) is 0. The van der Waals surface area contributed by atoms with Crippen LogP contribution in [0.4, 0.5) is 5.95 Å². The number of nitrogens with zero attached hydrogens (tertiary/aromatic N) is 4. The highest BCUT2D eigenvalue weighted by Gasteiger charge is 2.19. The Kier molecular flexibility index (Phi) is 5.08. The highest BCUT2D eigenvalue weighted by molar-refractivity contribution is 5.92. The number of anilines is 1. The van der Waals surface area contributed by atoms with E-state index in [-0.39, 0.29) is 5.91 Å². The third-order valence-electron chi connectivity index (χ3n) is 3.36. The highest BCUT2D eigenvalue weighted by Crippen LogP contribution is 2.12. The lowest BCUT2D eigenvalue weighted by atomic mass is 10.3. The lowest BCUT2D eigenvalue weighted by Gasteiger charge is -2.32. The second kappa shape index (κ2) is 7.01. The molecule has 2 heterocycles. The fourth-order valence-corrected chi connectivity index (χ4v) is 2.17. The molecule has 0 saturated carbocycles. The van der Waals surface area contributed by atoms with E-state index in [1.807, 2.05) is 18.7 Å². The number of amides is 2. The van der Waals surface area contributed by atoms with Crippen LogP contribution in [-0.2, 0) is 4.79 Å². The van der Waals surface area contributed by atoms with E-state index in [1.54, 1.807) is 11.0 Å². The minimum atomic E-state index is -0.171. The third-order valence-corrected chi connectivity index (χ3v) is 3.36. The molecule has 1 aliphatic heterocycles. The van der Waals surface area contributed by atoms with Gasteiger partial charge in [-0.3, -0.25) is 9.59 Å². The number of carbonyl (C=O) groups is 2. The van der Waals surface area contributed by atoms with E-state index in [1.165, 1.54) is 0 Å². The molecule has 1 saturated heterocycles. The molecule has 0 radical (unpaired) electrons. The topological polar surface area (TPSA) is 78.4 Å². The largest absolute Gasteiger partial charge is 0.351 e. The number of hydrogen-bond acceptors (Lipinski definition) is 5. The second-order valence-corrected chi connectivity index (χ2v) is 5.08. The molecule has 0 spiro atoms. The molecule has 1 aromatic rings. The summed E-state index contributed by atoms with van der Waals surface area (Å²) in [5, 5.41) is 2.82. The van der Waals surface area contributed by atoms with E-state index in [2.05, 4.69) is 15.3 Å². The summed E-state index contributed by atoms with van der Waals surface area (Å²) < 4.78 is 0. The molecule has 0 atom stereocenters. The van der Waals surface area contributed by atoms with E-state index in [0.29, 0.717) is 44.4 Å². The van der Waals surface area contributed by atoms with Gasteiger partial charge in [0.1, 0.15) is 5.69 Å². The maximum absolute atomic E-state index is 12.0. The standard InChI is InChI=1S/C14H21N5O2/c1-3-4-15-13(21)12-9-11(2)16-14(17-12)19-7-5-18(10-20)6-8-19/h9-10H,3-8H2,1-2H3,(H,15,21). The Bertz CT molecular complexity index is 512. The van der Waals surface area contributed by atoms with Crippen molar-refractivity contribution in [2.24, 2.45) is 0 Å². The number of hydrogen-bond donors (Lipinski definition) is 1. The number of rotatable bonds is 5. The van der Waals surface area contributed by atoms with E-state index in [4.69, 9.17) is 0 Å². The zero-order valence-electron chi connectivity index (χ0n) is 12.5. The first-order chi connectivity index (χ1) is 10.1. The molecule has 2 amide bonds. The van der Waals surface area contributed by atoms with Gasteiger partial charge in [-0.2, -0.15) is 0 Å². The van der Waals surface area contributed by atoms with Gasteiger partial charge in [0.25, 0.3) is 5.91 Å². The van der Waals surface area contributed by atoms with Crippen LogP contribution in [0.1, 0.15) is 29.5 Å². The second-order valence-electron chi connectivity index (χ2n) is 5.08. The predicted molar refractivity (Wildman–Crippen MR) is 79.2 cm³/mol. The number of aryl methyl sites for hydroxylation is 1. The molecule has 21 heavy (non-hydrogen) atoms. The van der Waals surface area contributed by atoms with Gasteiger partial charge in [0.2, 0.25) is 12.4 Å². The maximum atomic E-state index is 12.0. The summed E-state index contributed by atoms with van der Waals surface area (Å²) in [6.07, 6.45) is 1.74. The summed E-state index contributed by atoms with van der Waals surface area (Å²) in [4.78, 5) is 35.2. The maximum Gasteiger partial charge on any atom is 0.270 e. The minimum absolute atomic E-state index is 0.171. The van der Waals surface area contributed by atoms with Crippen LogP contribution in [0.5, 0.6) is 0 Å². The Labute approximate surface area is 124 Å². The molecule has 1 aliphatic rings. The van der Waals surface area contributed by atoms with Crippen molar-refractivity contribution >= 4 is 18.3 Å². The fourth-order valence-electron chi connectivity index (χ4n) is 2.17. The lowest BCUT2D eigenvalue weighted by molar-refractivity contribution is -0.118. The van der Waals surface area contributed by atoms with Crippen molar-refractivity contribution in [1.29, 1.82) is 0 Å². The van der Waals surface area contributed by atoms with Crippen LogP contribution in [0, 0.1) is 6.92 Å². The quantitative estimate of drug-likeness (QED) is 0.784. The average molecular weight is 291 g/mol. The van der Waals surface area contributed by atoms with Gasteiger partial charge in [-0.1, -0.05) is 6.92 Å². The van der Waals surface area contributed by atoms with E-state index >= 15 is 0 Å². The van der Waals surface area contributed by atoms with Crippen molar-refractivity contribution in [3.63, 3.8) is 0 Å². The molecular weight excluding hydrogens is 270 g/mol. The van der Waals surface area contributed by atoms with Crippen molar-refractivity contribution < 1.29 is 9.59 Å². The van der Waals surface area contributed by atoms with Gasteiger partial charge in [0.05, 0.1) is 0 Å². The molecule has 0 unspecified atom stereocenters. The predicted octanol–water partition coefficient (Wildman–Crippen LogP) is 0.203. The first kappa shape index (κ1) is 15.2. The number of nitrogens with one attached hydrogen (secondary N) is 1. The van der Waals surface area contributed by atoms with Gasteiger partial charge in [0.15, 0.2) is 0 Å². The average Bonchev–Trinajstić information content (AvgIpc) is 2.52. The Hall–Kier alpha value is -2.18. The number of carbonyl (C=O) groups excluding carboxylic acids is 2. The summed E-state index contributed by atoms with van der Waals surface area (Å²) in [5.74, 6) is 0.386. The molecule has 0 bridgehead atoms. The van der Waals surface area contributed by atoms with Crippen molar-refractivity contribution in [1.82, 2.24) is 20.2 Å². The normalized spacial score (nSPS) is 15.0. The number of piperazine rings is 1. The summed E-state index contributed by atoms with van der Waals surface area (Å²) in [5.41, 5.74) is 1.16. The summed E-state index contributed by atoms with van der Waals surface area (Å²) in [6, 6.07) is 1.69. The van der Waals surface area contributed by atoms with Crippen LogP contribution in [-0.4, -0.2) is 59.9 Å². The molecule has 1 fully saturated rings. The van der Waals surface area contributed by atoms with Crippen LogP contribution >= 0.6 is 0 Å². The Morgan fingerprint density at radius 1 is 1.33 bits per heavy atom. The molecule has 2 rings (SSSR count). The van der Waals surface area contributed by atoms with Gasteiger partial charge in [-0.25, -0.2) is 9.97 Å². The van der Waals surface area contributed by atoms with Crippen LogP contribution in [0.15, 0.2) is 6.07 Å². The zero-order chi connectivity index (χ0) is 15.2. The highest BCUT2D eigenvalue weighted by atomic mass is 16.2. The summed E-state index contributed by atoms with van der Waals surface area (Å²) >= 11 is 0. The number of aromatic nitrogens is 2. The van der Waals surface area contributed by atoms with Gasteiger partial charge < -0.3 is 15.1 Å². The van der Waals surface area contributed by atoms with Gasteiger partial charge in [-0.05, 0) is 19.4 Å². The molecule has 1 N–H and O–H groups in total. The Morgan fingerprint density at radius 2 is 2.05 bits per heavy atom. The van der Waals surface area contributed by atoms with E-state index < -0.39 is 0 Å².